The number of hydrogen-bond donors (Lipinski definition) is 2. The molecule has 2 aromatic carbocycles. The number of halogens is 3. The molecule has 0 saturated heterocycles. The van der Waals surface area contributed by atoms with Crippen molar-refractivity contribution < 1.29 is 27.5 Å². The molecule has 7 nitrogen and oxygen atoms in total. The van der Waals surface area contributed by atoms with Crippen molar-refractivity contribution in [1.82, 2.24) is 20.2 Å². The average molecular weight is 470 g/mol. The van der Waals surface area contributed by atoms with Crippen LogP contribution >= 0.6 is 0 Å². The highest BCUT2D eigenvalue weighted by atomic mass is 19.4. The third kappa shape index (κ3) is 4.35. The topological polar surface area (TPSA) is 85.3 Å². The Morgan fingerprint density at radius 2 is 1.82 bits per heavy atom. The molecule has 34 heavy (non-hydrogen) atoms. The molecule has 2 heterocycles. The van der Waals surface area contributed by atoms with Crippen molar-refractivity contribution in [3.63, 3.8) is 0 Å². The maximum atomic E-state index is 13.2. The van der Waals surface area contributed by atoms with Crippen LogP contribution in [0.5, 0.6) is 5.75 Å². The smallest absolute Gasteiger partial charge is 0.406 e. The summed E-state index contributed by atoms with van der Waals surface area (Å²) in [4.78, 5) is 30.3. The number of nitrogens with zero attached hydrogens (tertiary/aromatic N) is 2. The van der Waals surface area contributed by atoms with Gasteiger partial charge >= 0.3 is 6.36 Å². The lowest BCUT2D eigenvalue weighted by atomic mass is 10.0. The Hall–Kier alpha value is -3.82. The van der Waals surface area contributed by atoms with Crippen molar-refractivity contribution in [2.24, 2.45) is 0 Å². The number of carbonyl (C=O) groups excluding carboxylic acids is 2. The highest BCUT2D eigenvalue weighted by Crippen LogP contribution is 2.38. The monoisotopic (exact) mass is 470 g/mol. The number of imidazole rings is 1. The molecule has 1 saturated carbocycles. The zero-order valence-corrected chi connectivity index (χ0v) is 17.9. The van der Waals surface area contributed by atoms with Gasteiger partial charge in [-0.15, -0.1) is 13.2 Å². The minimum Gasteiger partial charge on any atom is -0.406 e. The number of carbonyl (C=O) groups is 2. The second-order valence-corrected chi connectivity index (χ2v) is 8.46. The highest BCUT2D eigenvalue weighted by Gasteiger charge is 2.52. The number of benzene rings is 2. The number of nitrogens with one attached hydrogen (secondary N) is 2. The van der Waals surface area contributed by atoms with Gasteiger partial charge in [0.15, 0.2) is 0 Å². The van der Waals surface area contributed by atoms with E-state index in [1.54, 1.807) is 6.20 Å². The molecule has 1 aliphatic heterocycles. The minimum atomic E-state index is -4.81. The Kier molecular flexibility index (Phi) is 5.30. The van der Waals surface area contributed by atoms with Crippen molar-refractivity contribution in [3.05, 3.63) is 77.9 Å². The van der Waals surface area contributed by atoms with Crippen molar-refractivity contribution in [2.75, 3.05) is 0 Å². The molecule has 0 spiro atoms. The van der Waals surface area contributed by atoms with Crippen LogP contribution in [0.15, 0.2) is 60.9 Å². The van der Waals surface area contributed by atoms with E-state index in [0.29, 0.717) is 19.3 Å². The molecule has 1 aromatic heterocycles. The van der Waals surface area contributed by atoms with Crippen molar-refractivity contribution >= 4 is 11.8 Å². The van der Waals surface area contributed by atoms with Gasteiger partial charge in [-0.1, -0.05) is 18.2 Å². The summed E-state index contributed by atoms with van der Waals surface area (Å²) < 4.78 is 42.8. The summed E-state index contributed by atoms with van der Waals surface area (Å²) in [5, 5.41) is 5.80. The van der Waals surface area contributed by atoms with E-state index in [9.17, 15) is 22.8 Å². The van der Waals surface area contributed by atoms with Crippen LogP contribution in [-0.2, 0) is 11.2 Å². The Morgan fingerprint density at radius 1 is 1.09 bits per heavy atom. The Bertz CT molecular complexity index is 1230. The zero-order chi connectivity index (χ0) is 23.9. The van der Waals surface area contributed by atoms with E-state index in [0.717, 1.165) is 35.6 Å². The Labute approximate surface area is 192 Å². The number of hydrogen-bond acceptors (Lipinski definition) is 4. The van der Waals surface area contributed by atoms with Crippen LogP contribution in [0.25, 0.3) is 5.69 Å². The average Bonchev–Trinajstić information content (AvgIpc) is 3.45. The standard InChI is InChI=1S/C24H21F3N4O3/c25-24(26,27)34-17-8-5-16(6-9-17)21(32)30-23(11-12-23)22(33)29-18-10-7-15-3-1-2-4-19(15)31-14-13-28-20(18)31/h1-6,8-9,13-14,18H,7,10-12H2,(H,29,33)(H,30,32). The number of para-hydroxylation sites is 1. The lowest BCUT2D eigenvalue weighted by molar-refractivity contribution is -0.274. The van der Waals surface area contributed by atoms with E-state index >= 15 is 0 Å². The Morgan fingerprint density at radius 3 is 2.53 bits per heavy atom. The molecular weight excluding hydrogens is 449 g/mol. The van der Waals surface area contributed by atoms with Gasteiger partial charge in [0.25, 0.3) is 5.91 Å². The molecule has 1 atom stereocenters. The largest absolute Gasteiger partial charge is 0.573 e. The predicted molar refractivity (Wildman–Crippen MR) is 115 cm³/mol. The lowest BCUT2D eigenvalue weighted by Gasteiger charge is -2.22. The van der Waals surface area contributed by atoms with E-state index in [4.69, 9.17) is 0 Å². The van der Waals surface area contributed by atoms with Crippen molar-refractivity contribution in [3.8, 4) is 11.4 Å². The SMILES string of the molecule is O=C(NC1(C(=O)NC2CCc3ccccc3-n3ccnc32)CC1)c1ccc(OC(F)(F)F)cc1. The number of aromatic nitrogens is 2. The minimum absolute atomic E-state index is 0.133. The van der Waals surface area contributed by atoms with Crippen molar-refractivity contribution in [1.29, 1.82) is 0 Å². The first-order valence-electron chi connectivity index (χ1n) is 10.8. The summed E-state index contributed by atoms with van der Waals surface area (Å²) in [5.74, 6) is -0.544. The second-order valence-electron chi connectivity index (χ2n) is 8.46. The van der Waals surface area contributed by atoms with Crippen LogP contribution in [0.1, 0.15) is 47.1 Å². The first-order valence-corrected chi connectivity index (χ1v) is 10.8. The van der Waals surface area contributed by atoms with Crippen LogP contribution in [0.2, 0.25) is 0 Å². The molecule has 0 radical (unpaired) electrons. The molecule has 2 amide bonds. The number of ether oxygens (including phenoxy) is 1. The molecular formula is C24H21F3N4O3. The zero-order valence-electron chi connectivity index (χ0n) is 17.9. The number of aryl methyl sites for hydroxylation is 1. The summed E-state index contributed by atoms with van der Waals surface area (Å²) in [6.07, 6.45) is 1.11. The molecule has 0 bridgehead atoms. The Balaban J connectivity index is 1.27. The number of alkyl halides is 3. The summed E-state index contributed by atoms with van der Waals surface area (Å²) >= 11 is 0. The summed E-state index contributed by atoms with van der Waals surface area (Å²) in [6.45, 7) is 0. The van der Waals surface area contributed by atoms with E-state index in [1.807, 2.05) is 29.0 Å². The number of rotatable bonds is 5. The molecule has 2 aliphatic rings. The fourth-order valence-electron chi connectivity index (χ4n) is 4.23. The van der Waals surface area contributed by atoms with Gasteiger partial charge in [0.05, 0.1) is 6.04 Å². The highest BCUT2D eigenvalue weighted by molar-refractivity contribution is 6.00. The summed E-state index contributed by atoms with van der Waals surface area (Å²) in [5.41, 5.74) is 1.27. The normalized spacial score (nSPS) is 18.1. The van der Waals surface area contributed by atoms with E-state index in [1.165, 1.54) is 12.1 Å². The number of amides is 2. The maximum Gasteiger partial charge on any atom is 0.573 e. The van der Waals surface area contributed by atoms with Gasteiger partial charge in [0.1, 0.15) is 17.1 Å². The second kappa shape index (κ2) is 8.19. The first kappa shape index (κ1) is 22.0. The van der Waals surface area contributed by atoms with Crippen LogP contribution < -0.4 is 15.4 Å². The molecule has 2 N–H and O–H groups in total. The number of fused-ring (bicyclic) bond motifs is 3. The van der Waals surface area contributed by atoms with Gasteiger partial charge < -0.3 is 19.9 Å². The van der Waals surface area contributed by atoms with Crippen LogP contribution in [0.4, 0.5) is 13.2 Å². The summed E-state index contributed by atoms with van der Waals surface area (Å²) in [7, 11) is 0. The van der Waals surface area contributed by atoms with E-state index in [-0.39, 0.29) is 17.5 Å². The van der Waals surface area contributed by atoms with E-state index < -0.39 is 23.6 Å². The lowest BCUT2D eigenvalue weighted by Crippen LogP contribution is -2.50. The molecule has 10 heteroatoms. The van der Waals surface area contributed by atoms with Gasteiger partial charge in [-0.25, -0.2) is 4.98 Å². The molecule has 1 aliphatic carbocycles. The quantitative estimate of drug-likeness (QED) is 0.594. The third-order valence-corrected chi connectivity index (χ3v) is 6.13. The van der Waals surface area contributed by atoms with Gasteiger partial charge in [-0.05, 0) is 61.6 Å². The van der Waals surface area contributed by atoms with Crippen molar-refractivity contribution in [2.45, 2.75) is 43.6 Å². The fourth-order valence-corrected chi connectivity index (χ4v) is 4.23. The van der Waals surface area contributed by atoms with Crippen LogP contribution in [0, 0.1) is 0 Å². The van der Waals surface area contributed by atoms with Gasteiger partial charge in [0, 0.05) is 23.6 Å². The maximum absolute atomic E-state index is 13.2. The molecule has 3 aromatic rings. The molecule has 1 fully saturated rings. The molecule has 176 valence electrons. The van der Waals surface area contributed by atoms with Crippen LogP contribution in [0.3, 0.4) is 0 Å². The van der Waals surface area contributed by atoms with Crippen LogP contribution in [-0.4, -0.2) is 33.3 Å². The molecule has 5 rings (SSSR count). The first-order chi connectivity index (χ1) is 16.2. The van der Waals surface area contributed by atoms with Gasteiger partial charge in [-0.3, -0.25) is 9.59 Å². The van der Waals surface area contributed by atoms with Gasteiger partial charge in [0.2, 0.25) is 5.91 Å². The predicted octanol–water partition coefficient (Wildman–Crippen LogP) is 3.84. The van der Waals surface area contributed by atoms with Gasteiger partial charge in [-0.2, -0.15) is 0 Å². The van der Waals surface area contributed by atoms with E-state index in [2.05, 4.69) is 26.4 Å². The third-order valence-electron chi connectivity index (χ3n) is 6.13. The molecule has 1 unspecified atom stereocenters. The fraction of sp³-hybridized carbons (Fsp3) is 0.292. The summed E-state index contributed by atoms with van der Waals surface area (Å²) in [6, 6.07) is 12.2.